The first-order chi connectivity index (χ1) is 9.65. The van der Waals surface area contributed by atoms with Crippen LogP contribution in [0.4, 0.5) is 5.69 Å². The molecule has 7 nitrogen and oxygen atoms in total. The van der Waals surface area contributed by atoms with Crippen molar-refractivity contribution in [3.63, 3.8) is 0 Å². The van der Waals surface area contributed by atoms with E-state index in [1.165, 1.54) is 0 Å². The van der Waals surface area contributed by atoms with Gasteiger partial charge in [-0.25, -0.2) is 4.68 Å². The van der Waals surface area contributed by atoms with Gasteiger partial charge in [-0.15, -0.1) is 17.5 Å². The Bertz CT molecular complexity index is 600. The lowest BCUT2D eigenvalue weighted by molar-refractivity contribution is -0.119. The van der Waals surface area contributed by atoms with Crippen molar-refractivity contribution in [2.75, 3.05) is 11.9 Å². The zero-order chi connectivity index (χ0) is 14.5. The molecule has 8 heteroatoms. The second kappa shape index (κ2) is 7.70. The van der Waals surface area contributed by atoms with Crippen LogP contribution in [0.5, 0.6) is 0 Å². The number of nitrogens with one attached hydrogen (secondary N) is 1. The largest absolute Gasteiger partial charge is 0.330 e. The van der Waals surface area contributed by atoms with Gasteiger partial charge >= 0.3 is 0 Å². The summed E-state index contributed by atoms with van der Waals surface area (Å²) in [7, 11) is 0. The maximum Gasteiger partial charge on any atom is 0.228 e. The lowest BCUT2D eigenvalue weighted by Gasteiger charge is -2.10. The van der Waals surface area contributed by atoms with Gasteiger partial charge in [0.25, 0.3) is 0 Å². The Morgan fingerprint density at radius 2 is 2.24 bits per heavy atom. The van der Waals surface area contributed by atoms with Gasteiger partial charge in [-0.1, -0.05) is 19.1 Å². The Kier molecular flexibility index (Phi) is 6.26. The van der Waals surface area contributed by atoms with Crippen molar-refractivity contribution < 1.29 is 4.79 Å². The summed E-state index contributed by atoms with van der Waals surface area (Å²) in [5.74, 6) is 0.356. The molecule has 1 atom stereocenters. The maximum atomic E-state index is 11.8. The molecule has 2 rings (SSSR count). The number of anilines is 1. The van der Waals surface area contributed by atoms with Crippen molar-refractivity contribution in [3.8, 4) is 11.4 Å². The standard InChI is InChI=1S/C13H18N6O.ClH/c1-3-19-12(16-17-18-19)10-5-4-6-11(7-10)15-13(20)9(2)8-14;/h4-7,9H,3,8,14H2,1-2H3,(H,15,20);1H. The van der Waals surface area contributed by atoms with Gasteiger partial charge in [0.05, 0.1) is 0 Å². The van der Waals surface area contributed by atoms with Crippen LogP contribution < -0.4 is 11.1 Å². The summed E-state index contributed by atoms with van der Waals surface area (Å²) in [6, 6.07) is 7.43. The first-order valence-electron chi connectivity index (χ1n) is 6.53. The van der Waals surface area contributed by atoms with E-state index in [0.29, 0.717) is 24.6 Å². The fraction of sp³-hybridized carbons (Fsp3) is 0.385. The van der Waals surface area contributed by atoms with Gasteiger partial charge in [-0.3, -0.25) is 4.79 Å². The highest BCUT2D eigenvalue weighted by atomic mass is 35.5. The number of hydrogen-bond acceptors (Lipinski definition) is 5. The van der Waals surface area contributed by atoms with Gasteiger partial charge in [-0.05, 0) is 29.5 Å². The van der Waals surface area contributed by atoms with Crippen LogP contribution in [0.25, 0.3) is 11.4 Å². The number of tetrazole rings is 1. The number of nitrogens with zero attached hydrogens (tertiary/aromatic N) is 4. The van der Waals surface area contributed by atoms with Crippen molar-refractivity contribution >= 4 is 24.0 Å². The van der Waals surface area contributed by atoms with Gasteiger partial charge in [-0.2, -0.15) is 0 Å². The van der Waals surface area contributed by atoms with Gasteiger partial charge in [0.15, 0.2) is 5.82 Å². The maximum absolute atomic E-state index is 11.8. The van der Waals surface area contributed by atoms with E-state index < -0.39 is 0 Å². The topological polar surface area (TPSA) is 98.7 Å². The number of amides is 1. The Morgan fingerprint density at radius 1 is 1.48 bits per heavy atom. The molecular formula is C13H19ClN6O. The fourth-order valence-electron chi connectivity index (χ4n) is 1.73. The van der Waals surface area contributed by atoms with Crippen LogP contribution in [0.15, 0.2) is 24.3 Å². The van der Waals surface area contributed by atoms with E-state index in [0.717, 1.165) is 5.56 Å². The monoisotopic (exact) mass is 310 g/mol. The van der Waals surface area contributed by atoms with E-state index >= 15 is 0 Å². The van der Waals surface area contributed by atoms with Crippen LogP contribution in [0.2, 0.25) is 0 Å². The highest BCUT2D eigenvalue weighted by molar-refractivity contribution is 5.93. The molecule has 1 aromatic carbocycles. The minimum absolute atomic E-state index is 0. The van der Waals surface area contributed by atoms with Gasteiger partial charge in [0.1, 0.15) is 0 Å². The van der Waals surface area contributed by atoms with Crippen LogP contribution in [0, 0.1) is 5.92 Å². The Balaban J connectivity index is 0.00000220. The molecule has 3 N–H and O–H groups in total. The molecular weight excluding hydrogens is 292 g/mol. The minimum atomic E-state index is -0.223. The third-order valence-corrected chi connectivity index (χ3v) is 3.02. The molecule has 0 aliphatic rings. The third kappa shape index (κ3) is 3.99. The molecule has 0 fully saturated rings. The second-order valence-electron chi connectivity index (χ2n) is 4.53. The molecule has 0 spiro atoms. The van der Waals surface area contributed by atoms with Crippen molar-refractivity contribution in [2.45, 2.75) is 20.4 Å². The van der Waals surface area contributed by atoms with E-state index in [2.05, 4.69) is 20.8 Å². The summed E-state index contributed by atoms with van der Waals surface area (Å²) >= 11 is 0. The van der Waals surface area contributed by atoms with E-state index in [-0.39, 0.29) is 24.2 Å². The first kappa shape index (κ1) is 17.1. The summed E-state index contributed by atoms with van der Waals surface area (Å²) in [6.45, 7) is 4.76. The Morgan fingerprint density at radius 3 is 2.90 bits per heavy atom. The van der Waals surface area contributed by atoms with E-state index in [1.807, 2.05) is 31.2 Å². The smallest absolute Gasteiger partial charge is 0.228 e. The molecule has 114 valence electrons. The molecule has 0 aliphatic heterocycles. The summed E-state index contributed by atoms with van der Waals surface area (Å²) in [4.78, 5) is 11.8. The average Bonchev–Trinajstić information content (AvgIpc) is 2.95. The molecule has 1 amide bonds. The quantitative estimate of drug-likeness (QED) is 0.867. The molecule has 0 bridgehead atoms. The SMILES string of the molecule is CCn1nnnc1-c1cccc(NC(=O)C(C)CN)c1.Cl. The predicted octanol–water partition coefficient (Wildman–Crippen LogP) is 1.32. The number of rotatable bonds is 5. The third-order valence-electron chi connectivity index (χ3n) is 3.02. The number of aryl methyl sites for hydroxylation is 1. The van der Waals surface area contributed by atoms with Crippen LogP contribution in [0.1, 0.15) is 13.8 Å². The predicted molar refractivity (Wildman–Crippen MR) is 83.0 cm³/mol. The zero-order valence-electron chi connectivity index (χ0n) is 12.0. The molecule has 0 aliphatic carbocycles. The van der Waals surface area contributed by atoms with Crippen LogP contribution >= 0.6 is 12.4 Å². The molecule has 2 aromatic rings. The first-order valence-corrected chi connectivity index (χ1v) is 6.53. The van der Waals surface area contributed by atoms with Crippen molar-refractivity contribution in [1.29, 1.82) is 0 Å². The molecule has 21 heavy (non-hydrogen) atoms. The van der Waals surface area contributed by atoms with Crippen LogP contribution in [-0.2, 0) is 11.3 Å². The van der Waals surface area contributed by atoms with Crippen molar-refractivity contribution in [1.82, 2.24) is 20.2 Å². The highest BCUT2D eigenvalue weighted by Crippen LogP contribution is 2.20. The molecule has 1 heterocycles. The molecule has 0 radical (unpaired) electrons. The van der Waals surface area contributed by atoms with Crippen molar-refractivity contribution in [2.24, 2.45) is 11.7 Å². The van der Waals surface area contributed by atoms with E-state index in [9.17, 15) is 4.79 Å². The number of hydrogen-bond donors (Lipinski definition) is 2. The second-order valence-corrected chi connectivity index (χ2v) is 4.53. The number of carbonyl (C=O) groups is 1. The Hall–Kier alpha value is -1.99. The fourth-order valence-corrected chi connectivity index (χ4v) is 1.73. The van der Waals surface area contributed by atoms with Gasteiger partial charge < -0.3 is 11.1 Å². The molecule has 1 unspecified atom stereocenters. The van der Waals surface area contributed by atoms with Gasteiger partial charge in [0.2, 0.25) is 5.91 Å². The summed E-state index contributed by atoms with van der Waals surface area (Å²) in [5, 5.41) is 14.4. The van der Waals surface area contributed by atoms with Crippen LogP contribution in [-0.4, -0.2) is 32.7 Å². The number of halogens is 1. The van der Waals surface area contributed by atoms with Gasteiger partial charge in [0, 0.05) is 30.3 Å². The van der Waals surface area contributed by atoms with E-state index in [4.69, 9.17) is 5.73 Å². The number of benzene rings is 1. The normalized spacial score (nSPS) is 11.6. The number of nitrogens with two attached hydrogens (primary N) is 1. The summed E-state index contributed by atoms with van der Waals surface area (Å²) < 4.78 is 1.70. The highest BCUT2D eigenvalue weighted by Gasteiger charge is 2.12. The summed E-state index contributed by atoms with van der Waals surface area (Å²) in [5.41, 5.74) is 7.04. The van der Waals surface area contributed by atoms with E-state index in [1.54, 1.807) is 11.6 Å². The molecule has 1 aromatic heterocycles. The lowest BCUT2D eigenvalue weighted by atomic mass is 10.1. The number of aromatic nitrogens is 4. The van der Waals surface area contributed by atoms with Crippen LogP contribution in [0.3, 0.4) is 0 Å². The minimum Gasteiger partial charge on any atom is -0.330 e. The lowest BCUT2D eigenvalue weighted by Crippen LogP contribution is -2.26. The Labute approximate surface area is 129 Å². The average molecular weight is 311 g/mol. The van der Waals surface area contributed by atoms with Crippen molar-refractivity contribution in [3.05, 3.63) is 24.3 Å². The zero-order valence-corrected chi connectivity index (χ0v) is 12.8. The number of carbonyl (C=O) groups excluding carboxylic acids is 1. The summed E-state index contributed by atoms with van der Waals surface area (Å²) in [6.07, 6.45) is 0. The molecule has 0 saturated heterocycles. The molecule has 0 saturated carbocycles.